The highest BCUT2D eigenvalue weighted by atomic mass is 16.7. The molecule has 82 heavy (non-hydrogen) atoms. The quantitative estimate of drug-likeness (QED) is 0.0204. The number of hydrogen-bond donors (Lipinski definition) is 9. The summed E-state index contributed by atoms with van der Waals surface area (Å²) in [5.74, 6) is -0.258. The minimum Gasteiger partial charge on any atom is -0.394 e. The summed E-state index contributed by atoms with van der Waals surface area (Å²) in [6.07, 6.45) is 57.2. The van der Waals surface area contributed by atoms with Gasteiger partial charge in [0.05, 0.1) is 32.0 Å². The summed E-state index contributed by atoms with van der Waals surface area (Å²) >= 11 is 0. The molecule has 2 aliphatic heterocycles. The lowest BCUT2D eigenvalue weighted by Gasteiger charge is -2.46. The Labute approximate surface area is 495 Å². The van der Waals surface area contributed by atoms with Gasteiger partial charge in [-0.3, -0.25) is 4.79 Å². The van der Waals surface area contributed by atoms with Gasteiger partial charge in [0.15, 0.2) is 12.6 Å². The second-order valence-corrected chi connectivity index (χ2v) is 22.1. The standard InChI is InChI=1S/C68H115NO13/c1-3-5-7-9-11-13-15-17-18-19-20-21-22-23-24-25-26-27-28-29-30-31-32-33-34-35-36-37-38-40-42-44-46-48-50-52-60(73)69-56(57(72)51-49-47-45-43-41-39-16-14-12-10-8-6-4-2)55-79-67-65(78)63(76)66(59(54-71)81-67)82-68-64(77)62(75)61(74)58(53-70)80-68/h5,7,11-14,17-18,20-21,23-24,26-27,41,43,49,51,56-59,61-68,70-72,74-78H,3-4,6,8-10,15-16,19,22,25,28-40,42,44-48,50,52-55H2,1-2H3,(H,69,73)/b7-5-,13-11-,14-12+,18-17-,21-20-,24-23-,27-26-,43-41+,51-49+. The summed E-state index contributed by atoms with van der Waals surface area (Å²) in [5, 5.41) is 87.0. The molecule has 470 valence electrons. The number of unbranched alkanes of at least 4 members (excludes halogenated alkanes) is 21. The van der Waals surface area contributed by atoms with Crippen LogP contribution in [0.4, 0.5) is 0 Å². The maximum absolute atomic E-state index is 13.3. The van der Waals surface area contributed by atoms with Gasteiger partial charge in [-0.2, -0.15) is 0 Å². The van der Waals surface area contributed by atoms with Gasteiger partial charge in [-0.25, -0.2) is 0 Å². The van der Waals surface area contributed by atoms with E-state index in [1.807, 2.05) is 6.08 Å². The van der Waals surface area contributed by atoms with Crippen molar-refractivity contribution in [3.63, 3.8) is 0 Å². The van der Waals surface area contributed by atoms with Crippen molar-refractivity contribution >= 4 is 5.91 Å². The monoisotopic (exact) mass is 1150 g/mol. The van der Waals surface area contributed by atoms with E-state index in [9.17, 15) is 45.6 Å². The van der Waals surface area contributed by atoms with Crippen LogP contribution in [0, 0.1) is 0 Å². The first-order valence-electron chi connectivity index (χ1n) is 32.1. The topological polar surface area (TPSA) is 228 Å². The summed E-state index contributed by atoms with van der Waals surface area (Å²) in [4.78, 5) is 13.3. The third kappa shape index (κ3) is 36.5. The van der Waals surface area contributed by atoms with Crippen LogP contribution in [0.5, 0.6) is 0 Å². The summed E-state index contributed by atoms with van der Waals surface area (Å²) < 4.78 is 22.7. The fourth-order valence-electron chi connectivity index (χ4n) is 9.80. The van der Waals surface area contributed by atoms with E-state index < -0.39 is 86.8 Å². The molecule has 0 aliphatic carbocycles. The van der Waals surface area contributed by atoms with Crippen LogP contribution in [-0.2, 0) is 23.7 Å². The molecule has 2 rings (SSSR count). The Hall–Kier alpha value is -3.35. The number of ether oxygens (including phenoxy) is 4. The van der Waals surface area contributed by atoms with E-state index in [0.717, 1.165) is 83.5 Å². The predicted octanol–water partition coefficient (Wildman–Crippen LogP) is 12.0. The van der Waals surface area contributed by atoms with E-state index >= 15 is 0 Å². The van der Waals surface area contributed by atoms with Crippen LogP contribution in [0.1, 0.15) is 219 Å². The first-order chi connectivity index (χ1) is 40.1. The van der Waals surface area contributed by atoms with Crippen molar-refractivity contribution in [2.45, 2.75) is 293 Å². The van der Waals surface area contributed by atoms with Crippen molar-refractivity contribution in [1.82, 2.24) is 5.32 Å². The molecule has 1 amide bonds. The zero-order chi connectivity index (χ0) is 59.5. The molecule has 14 heteroatoms. The van der Waals surface area contributed by atoms with Gasteiger partial charge in [0, 0.05) is 6.42 Å². The highest BCUT2D eigenvalue weighted by Crippen LogP contribution is 2.30. The minimum absolute atomic E-state index is 0.258. The van der Waals surface area contributed by atoms with E-state index in [-0.39, 0.29) is 18.9 Å². The number of rotatable bonds is 50. The van der Waals surface area contributed by atoms with Gasteiger partial charge in [0.2, 0.25) is 5.91 Å². The lowest BCUT2D eigenvalue weighted by Crippen LogP contribution is -2.65. The second kappa shape index (κ2) is 52.0. The zero-order valence-electron chi connectivity index (χ0n) is 50.7. The van der Waals surface area contributed by atoms with Crippen molar-refractivity contribution in [1.29, 1.82) is 0 Å². The molecule has 12 atom stereocenters. The van der Waals surface area contributed by atoms with E-state index in [1.165, 1.54) is 103 Å². The first kappa shape index (κ1) is 74.7. The summed E-state index contributed by atoms with van der Waals surface area (Å²) in [5.41, 5.74) is 0. The highest BCUT2D eigenvalue weighted by molar-refractivity contribution is 5.76. The smallest absolute Gasteiger partial charge is 0.220 e. The number of nitrogens with one attached hydrogen (secondary N) is 1. The van der Waals surface area contributed by atoms with Crippen LogP contribution in [-0.4, -0.2) is 140 Å². The van der Waals surface area contributed by atoms with Crippen LogP contribution < -0.4 is 5.32 Å². The van der Waals surface area contributed by atoms with Crippen molar-refractivity contribution in [2.24, 2.45) is 0 Å². The molecule has 9 N–H and O–H groups in total. The van der Waals surface area contributed by atoms with Crippen LogP contribution >= 0.6 is 0 Å². The molecule has 0 aromatic heterocycles. The van der Waals surface area contributed by atoms with E-state index in [1.54, 1.807) is 6.08 Å². The minimum atomic E-state index is -1.80. The number of aliphatic hydroxyl groups is 8. The maximum atomic E-state index is 13.3. The molecule has 0 saturated carbocycles. The lowest BCUT2D eigenvalue weighted by atomic mass is 9.97. The molecule has 0 radical (unpaired) electrons. The predicted molar refractivity (Wildman–Crippen MR) is 332 cm³/mol. The maximum Gasteiger partial charge on any atom is 0.220 e. The normalized spacial score (nSPS) is 24.7. The second-order valence-electron chi connectivity index (χ2n) is 22.1. The molecule has 2 heterocycles. The molecular formula is C68H115NO13. The summed E-state index contributed by atoms with van der Waals surface area (Å²) in [6, 6.07) is -0.942. The van der Waals surface area contributed by atoms with Gasteiger partial charge in [-0.05, 0) is 96.3 Å². The Balaban J connectivity index is 1.63. The van der Waals surface area contributed by atoms with Crippen molar-refractivity contribution in [2.75, 3.05) is 19.8 Å². The van der Waals surface area contributed by atoms with Gasteiger partial charge in [-0.1, -0.05) is 226 Å². The van der Waals surface area contributed by atoms with Crippen molar-refractivity contribution < 1.29 is 64.6 Å². The van der Waals surface area contributed by atoms with Crippen LogP contribution in [0.25, 0.3) is 0 Å². The summed E-state index contributed by atoms with van der Waals surface area (Å²) in [6.45, 7) is 2.61. The highest BCUT2D eigenvalue weighted by Gasteiger charge is 2.51. The molecule has 2 saturated heterocycles. The Morgan fingerprint density at radius 3 is 1.34 bits per heavy atom. The van der Waals surface area contributed by atoms with E-state index in [4.69, 9.17) is 18.9 Å². The average Bonchev–Trinajstić information content (AvgIpc) is 3.56. The molecule has 0 bridgehead atoms. The molecule has 2 fully saturated rings. The molecule has 0 aromatic carbocycles. The third-order valence-electron chi connectivity index (χ3n) is 14.9. The number of allylic oxidation sites excluding steroid dienone is 17. The van der Waals surface area contributed by atoms with Crippen LogP contribution in [0.3, 0.4) is 0 Å². The molecule has 0 aromatic rings. The Morgan fingerprint density at radius 2 is 0.854 bits per heavy atom. The molecule has 0 spiro atoms. The van der Waals surface area contributed by atoms with Crippen LogP contribution in [0.2, 0.25) is 0 Å². The van der Waals surface area contributed by atoms with Gasteiger partial charge in [0.1, 0.15) is 48.8 Å². The van der Waals surface area contributed by atoms with Crippen molar-refractivity contribution in [3.05, 3.63) is 109 Å². The fourth-order valence-corrected chi connectivity index (χ4v) is 9.80. The number of amides is 1. The number of aliphatic hydroxyl groups excluding tert-OH is 8. The largest absolute Gasteiger partial charge is 0.394 e. The van der Waals surface area contributed by atoms with Gasteiger partial charge in [0.25, 0.3) is 0 Å². The summed E-state index contributed by atoms with van der Waals surface area (Å²) in [7, 11) is 0. The molecular weight excluding hydrogens is 1040 g/mol. The Kier molecular flexibility index (Phi) is 47.4. The van der Waals surface area contributed by atoms with Gasteiger partial charge >= 0.3 is 0 Å². The van der Waals surface area contributed by atoms with E-state index in [2.05, 4.69) is 116 Å². The van der Waals surface area contributed by atoms with Gasteiger partial charge in [-0.15, -0.1) is 0 Å². The average molecular weight is 1150 g/mol. The fraction of sp³-hybridized carbons (Fsp3) is 0.721. The molecule has 14 nitrogen and oxygen atoms in total. The van der Waals surface area contributed by atoms with Gasteiger partial charge < -0.3 is 65.1 Å². The van der Waals surface area contributed by atoms with Crippen molar-refractivity contribution in [3.8, 4) is 0 Å². The SMILES string of the molecule is CC/C=C\C/C=C\C/C=C\C/C=C\C/C=C\C/C=C\CCCCCCCCCCCCCCCCCCC(=O)NC(COC1OC(CO)C(OC2OC(CO)C(O)C(O)C2O)C(O)C1O)C(O)/C=C/CC/C=C/CC/C=C/CCCCC. The number of carbonyl (C=O) groups excluding carboxylic acids is 1. The molecule has 2 aliphatic rings. The van der Waals surface area contributed by atoms with E-state index in [0.29, 0.717) is 12.8 Å². The number of hydrogen-bond acceptors (Lipinski definition) is 13. The molecule has 12 unspecified atom stereocenters. The lowest BCUT2D eigenvalue weighted by molar-refractivity contribution is -0.359. The third-order valence-corrected chi connectivity index (χ3v) is 14.9. The Bertz CT molecular complexity index is 1790. The van der Waals surface area contributed by atoms with Crippen LogP contribution in [0.15, 0.2) is 109 Å². The Morgan fingerprint density at radius 1 is 0.451 bits per heavy atom. The zero-order valence-corrected chi connectivity index (χ0v) is 50.7. The first-order valence-corrected chi connectivity index (χ1v) is 32.1. The number of carbonyl (C=O) groups is 1.